The predicted octanol–water partition coefficient (Wildman–Crippen LogP) is 1.86. The number of aromatic nitrogens is 3. The first-order valence-corrected chi connectivity index (χ1v) is 8.82. The topological polar surface area (TPSA) is 76.4 Å². The van der Waals surface area contributed by atoms with Crippen molar-refractivity contribution in [2.24, 2.45) is 18.0 Å². The summed E-state index contributed by atoms with van der Waals surface area (Å²) in [4.78, 5) is 4.67. The van der Waals surface area contributed by atoms with Gasteiger partial charge in [0.15, 0.2) is 11.8 Å². The molecule has 1 aromatic heterocycles. The molecule has 1 aliphatic rings. The van der Waals surface area contributed by atoms with Crippen LogP contribution >= 0.6 is 0 Å². The number of nitrogens with one attached hydrogen (secondary N) is 2. The fraction of sp³-hybridized carbons (Fsp3) is 0.500. The van der Waals surface area contributed by atoms with E-state index in [4.69, 9.17) is 4.74 Å². The number of aliphatic imine (C=N–C) groups is 1. The van der Waals surface area contributed by atoms with Gasteiger partial charge in [0.1, 0.15) is 12.1 Å². The van der Waals surface area contributed by atoms with E-state index in [-0.39, 0.29) is 0 Å². The van der Waals surface area contributed by atoms with Crippen molar-refractivity contribution in [2.45, 2.75) is 32.9 Å². The third-order valence-corrected chi connectivity index (χ3v) is 4.11. The molecule has 0 unspecified atom stereocenters. The minimum atomic E-state index is 0.564. The van der Waals surface area contributed by atoms with Crippen molar-refractivity contribution in [3.8, 4) is 5.75 Å². The number of aryl methyl sites for hydroxylation is 1. The van der Waals surface area contributed by atoms with E-state index in [1.54, 1.807) is 6.33 Å². The van der Waals surface area contributed by atoms with E-state index in [9.17, 15) is 0 Å². The largest absolute Gasteiger partial charge is 0.493 e. The van der Waals surface area contributed by atoms with Crippen LogP contribution in [0, 0.1) is 5.92 Å². The van der Waals surface area contributed by atoms with E-state index in [0.29, 0.717) is 13.1 Å². The number of rotatable bonds is 8. The predicted molar refractivity (Wildman–Crippen MR) is 97.3 cm³/mol. The second-order valence-corrected chi connectivity index (χ2v) is 6.27. The van der Waals surface area contributed by atoms with E-state index in [1.807, 2.05) is 36.7 Å². The van der Waals surface area contributed by atoms with Gasteiger partial charge in [0.2, 0.25) is 0 Å². The summed E-state index contributed by atoms with van der Waals surface area (Å²) < 4.78 is 7.84. The molecule has 3 rings (SSSR count). The Labute approximate surface area is 148 Å². The zero-order valence-electron chi connectivity index (χ0n) is 14.9. The maximum absolute atomic E-state index is 5.96. The van der Waals surface area contributed by atoms with Gasteiger partial charge in [-0.2, -0.15) is 0 Å². The van der Waals surface area contributed by atoms with E-state index >= 15 is 0 Å². The van der Waals surface area contributed by atoms with Crippen molar-refractivity contribution in [3.05, 3.63) is 42.0 Å². The third-order valence-electron chi connectivity index (χ3n) is 4.11. The van der Waals surface area contributed by atoms with Crippen molar-refractivity contribution in [3.63, 3.8) is 0 Å². The molecule has 7 heteroatoms. The van der Waals surface area contributed by atoms with Crippen molar-refractivity contribution < 1.29 is 4.74 Å². The molecule has 134 valence electrons. The fourth-order valence-electron chi connectivity index (χ4n) is 2.40. The molecule has 1 saturated carbocycles. The summed E-state index contributed by atoms with van der Waals surface area (Å²) in [5.74, 6) is 3.28. The Balaban J connectivity index is 1.61. The first kappa shape index (κ1) is 17.3. The van der Waals surface area contributed by atoms with Gasteiger partial charge in [0, 0.05) is 19.2 Å². The lowest BCUT2D eigenvalue weighted by atomic mass is 10.2. The molecule has 1 aromatic carbocycles. The monoisotopic (exact) mass is 342 g/mol. The van der Waals surface area contributed by atoms with E-state index < -0.39 is 0 Å². The van der Waals surface area contributed by atoms with Crippen LogP contribution in [0.15, 0.2) is 35.6 Å². The zero-order valence-corrected chi connectivity index (χ0v) is 14.9. The normalized spacial score (nSPS) is 14.4. The molecule has 2 aromatic rings. The lowest BCUT2D eigenvalue weighted by Gasteiger charge is -2.12. The molecule has 0 atom stereocenters. The highest BCUT2D eigenvalue weighted by atomic mass is 16.5. The lowest BCUT2D eigenvalue weighted by molar-refractivity contribution is 0.297. The van der Waals surface area contributed by atoms with E-state index in [1.165, 1.54) is 12.8 Å². The number of ether oxygens (including phenoxy) is 1. The molecular formula is C18H26N6O. The van der Waals surface area contributed by atoms with Gasteiger partial charge >= 0.3 is 0 Å². The van der Waals surface area contributed by atoms with Crippen molar-refractivity contribution in [1.29, 1.82) is 0 Å². The molecule has 0 radical (unpaired) electrons. The Morgan fingerprint density at radius 2 is 2.16 bits per heavy atom. The molecule has 7 nitrogen and oxygen atoms in total. The maximum Gasteiger partial charge on any atom is 0.191 e. The van der Waals surface area contributed by atoms with Gasteiger partial charge in [0.05, 0.1) is 19.7 Å². The standard InChI is InChI=1S/C18H26N6O/c1-3-19-18(21-11-17-23-22-13-24(17)2)20-10-15-6-4-5-7-16(15)25-12-14-8-9-14/h4-7,13-14H,3,8-12H2,1-2H3,(H2,19,20,21). The van der Waals surface area contributed by atoms with Crippen LogP contribution in [0.2, 0.25) is 0 Å². The average Bonchev–Trinajstić information content (AvgIpc) is 3.37. The molecule has 0 spiro atoms. The van der Waals surface area contributed by atoms with Crippen LogP contribution in [0.5, 0.6) is 5.75 Å². The number of hydrogen-bond acceptors (Lipinski definition) is 4. The van der Waals surface area contributed by atoms with Crippen LogP contribution in [0.3, 0.4) is 0 Å². The average molecular weight is 342 g/mol. The van der Waals surface area contributed by atoms with Gasteiger partial charge < -0.3 is 19.9 Å². The van der Waals surface area contributed by atoms with E-state index in [0.717, 1.165) is 42.2 Å². The van der Waals surface area contributed by atoms with Crippen LogP contribution < -0.4 is 15.4 Å². The summed E-state index contributed by atoms with van der Waals surface area (Å²) in [5, 5.41) is 14.5. The van der Waals surface area contributed by atoms with Gasteiger partial charge in [-0.3, -0.25) is 0 Å². The molecule has 1 heterocycles. The summed E-state index contributed by atoms with van der Waals surface area (Å²) in [6.07, 6.45) is 4.27. The maximum atomic E-state index is 5.96. The highest BCUT2D eigenvalue weighted by Crippen LogP contribution is 2.30. The van der Waals surface area contributed by atoms with Crippen molar-refractivity contribution in [2.75, 3.05) is 13.2 Å². The molecule has 2 N–H and O–H groups in total. The van der Waals surface area contributed by atoms with Crippen LogP contribution in [-0.4, -0.2) is 33.9 Å². The van der Waals surface area contributed by atoms with Gasteiger partial charge in [-0.15, -0.1) is 10.2 Å². The molecule has 1 fully saturated rings. The number of guanidine groups is 1. The summed E-state index contributed by atoms with van der Waals surface area (Å²) in [6, 6.07) is 8.12. The first-order valence-electron chi connectivity index (χ1n) is 8.82. The molecule has 25 heavy (non-hydrogen) atoms. The number of para-hydroxylation sites is 1. The summed E-state index contributed by atoms with van der Waals surface area (Å²) in [5.41, 5.74) is 1.10. The van der Waals surface area contributed by atoms with Gasteiger partial charge in [-0.25, -0.2) is 4.99 Å². The minimum Gasteiger partial charge on any atom is -0.493 e. The van der Waals surface area contributed by atoms with Gasteiger partial charge in [-0.05, 0) is 31.7 Å². The van der Waals surface area contributed by atoms with Crippen molar-refractivity contribution in [1.82, 2.24) is 25.4 Å². The fourth-order valence-corrected chi connectivity index (χ4v) is 2.40. The van der Waals surface area contributed by atoms with Crippen LogP contribution in [-0.2, 0) is 20.1 Å². The van der Waals surface area contributed by atoms with Crippen LogP contribution in [0.1, 0.15) is 31.2 Å². The van der Waals surface area contributed by atoms with Crippen molar-refractivity contribution >= 4 is 5.96 Å². The smallest absolute Gasteiger partial charge is 0.191 e. The Kier molecular flexibility index (Phi) is 5.87. The summed E-state index contributed by atoms with van der Waals surface area (Å²) in [6.45, 7) is 4.79. The van der Waals surface area contributed by atoms with Gasteiger partial charge in [0.25, 0.3) is 0 Å². The highest BCUT2D eigenvalue weighted by molar-refractivity contribution is 5.79. The van der Waals surface area contributed by atoms with Crippen LogP contribution in [0.4, 0.5) is 0 Å². The molecular weight excluding hydrogens is 316 g/mol. The zero-order chi connectivity index (χ0) is 17.5. The molecule has 0 bridgehead atoms. The third kappa shape index (κ3) is 5.20. The number of nitrogens with zero attached hydrogens (tertiary/aromatic N) is 4. The van der Waals surface area contributed by atoms with Crippen LogP contribution in [0.25, 0.3) is 0 Å². The quantitative estimate of drug-likeness (QED) is 0.566. The molecule has 1 aliphatic carbocycles. The van der Waals surface area contributed by atoms with E-state index in [2.05, 4.69) is 31.9 Å². The Morgan fingerprint density at radius 1 is 1.32 bits per heavy atom. The molecule has 0 saturated heterocycles. The molecule has 0 amide bonds. The first-order chi connectivity index (χ1) is 12.3. The second-order valence-electron chi connectivity index (χ2n) is 6.27. The lowest BCUT2D eigenvalue weighted by Crippen LogP contribution is -2.37. The summed E-state index contributed by atoms with van der Waals surface area (Å²) in [7, 11) is 1.93. The minimum absolute atomic E-state index is 0.564. The summed E-state index contributed by atoms with van der Waals surface area (Å²) >= 11 is 0. The Hall–Kier alpha value is -2.57. The highest BCUT2D eigenvalue weighted by Gasteiger charge is 2.22. The Morgan fingerprint density at radius 3 is 2.88 bits per heavy atom. The number of benzene rings is 1. The SMILES string of the molecule is CCNC(=NCc1ccccc1OCC1CC1)NCc1nncn1C. The Bertz CT molecular complexity index is 707. The van der Waals surface area contributed by atoms with Gasteiger partial charge in [-0.1, -0.05) is 18.2 Å². The second kappa shape index (κ2) is 8.50. The molecule has 0 aliphatic heterocycles. The number of hydrogen-bond donors (Lipinski definition) is 2.